The SMILES string of the molecule is CCN(CC)c1onc(-c2ccc(F)cc2)c1CN(C(=O)c1ccco1)C(C)C. The van der Waals surface area contributed by atoms with Crippen molar-refractivity contribution < 1.29 is 18.1 Å². The molecule has 154 valence electrons. The largest absolute Gasteiger partial charge is 0.459 e. The van der Waals surface area contributed by atoms with Crippen LogP contribution in [-0.2, 0) is 6.54 Å². The number of aromatic nitrogens is 1. The predicted octanol–water partition coefficient (Wildman–Crippen LogP) is 4.97. The lowest BCUT2D eigenvalue weighted by Crippen LogP contribution is -2.37. The zero-order valence-corrected chi connectivity index (χ0v) is 17.2. The third kappa shape index (κ3) is 4.34. The van der Waals surface area contributed by atoms with Gasteiger partial charge in [-0.2, -0.15) is 0 Å². The normalized spacial score (nSPS) is 11.1. The molecule has 0 fully saturated rings. The first-order valence-electron chi connectivity index (χ1n) is 9.80. The Labute approximate surface area is 169 Å². The number of rotatable bonds is 8. The molecule has 3 rings (SSSR count). The van der Waals surface area contributed by atoms with Crippen molar-refractivity contribution in [3.63, 3.8) is 0 Å². The van der Waals surface area contributed by atoms with Crippen molar-refractivity contribution in [2.45, 2.75) is 40.3 Å². The number of anilines is 1. The molecule has 1 amide bonds. The molecule has 3 aromatic rings. The van der Waals surface area contributed by atoms with Gasteiger partial charge in [0.15, 0.2) is 5.76 Å². The van der Waals surface area contributed by atoms with E-state index in [4.69, 9.17) is 8.94 Å². The van der Waals surface area contributed by atoms with Crippen LogP contribution in [-0.4, -0.2) is 35.1 Å². The summed E-state index contributed by atoms with van der Waals surface area (Å²) >= 11 is 0. The van der Waals surface area contributed by atoms with Crippen LogP contribution < -0.4 is 4.90 Å². The van der Waals surface area contributed by atoms with Gasteiger partial charge in [-0.3, -0.25) is 4.79 Å². The van der Waals surface area contributed by atoms with Crippen LogP contribution in [0.5, 0.6) is 0 Å². The summed E-state index contributed by atoms with van der Waals surface area (Å²) in [4.78, 5) is 16.8. The molecule has 29 heavy (non-hydrogen) atoms. The molecule has 0 bridgehead atoms. The van der Waals surface area contributed by atoms with Crippen molar-refractivity contribution in [2.24, 2.45) is 0 Å². The van der Waals surface area contributed by atoms with Crippen molar-refractivity contribution in [2.75, 3.05) is 18.0 Å². The molecule has 0 radical (unpaired) electrons. The Bertz CT molecular complexity index is 929. The number of carbonyl (C=O) groups excluding carboxylic acids is 1. The van der Waals surface area contributed by atoms with E-state index in [-0.39, 0.29) is 23.5 Å². The highest BCUT2D eigenvalue weighted by Gasteiger charge is 2.28. The van der Waals surface area contributed by atoms with Crippen molar-refractivity contribution in [1.29, 1.82) is 0 Å². The molecule has 0 spiro atoms. The zero-order chi connectivity index (χ0) is 21.0. The van der Waals surface area contributed by atoms with E-state index in [1.165, 1.54) is 18.4 Å². The maximum absolute atomic E-state index is 13.4. The summed E-state index contributed by atoms with van der Waals surface area (Å²) in [5.41, 5.74) is 2.12. The summed E-state index contributed by atoms with van der Waals surface area (Å²) in [6.45, 7) is 9.71. The highest BCUT2D eigenvalue weighted by atomic mass is 19.1. The number of hydrogen-bond acceptors (Lipinski definition) is 5. The molecule has 0 atom stereocenters. The number of hydrogen-bond donors (Lipinski definition) is 0. The van der Waals surface area contributed by atoms with Crippen molar-refractivity contribution >= 4 is 11.8 Å². The monoisotopic (exact) mass is 399 g/mol. The van der Waals surface area contributed by atoms with E-state index in [1.54, 1.807) is 29.2 Å². The Hall–Kier alpha value is -3.09. The van der Waals surface area contributed by atoms with Crippen LogP contribution in [0.2, 0.25) is 0 Å². The van der Waals surface area contributed by atoms with Crippen LogP contribution in [0.25, 0.3) is 11.3 Å². The minimum absolute atomic E-state index is 0.0758. The molecule has 0 saturated heterocycles. The van der Waals surface area contributed by atoms with Gasteiger partial charge < -0.3 is 18.7 Å². The molecule has 0 aliphatic carbocycles. The third-order valence-corrected chi connectivity index (χ3v) is 4.88. The lowest BCUT2D eigenvalue weighted by molar-refractivity contribution is 0.0658. The lowest BCUT2D eigenvalue weighted by atomic mass is 10.1. The molecule has 0 unspecified atom stereocenters. The fourth-order valence-electron chi connectivity index (χ4n) is 3.24. The third-order valence-electron chi connectivity index (χ3n) is 4.88. The van der Waals surface area contributed by atoms with Gasteiger partial charge in [0.2, 0.25) is 5.88 Å². The van der Waals surface area contributed by atoms with Crippen LogP contribution >= 0.6 is 0 Å². The molecule has 0 N–H and O–H groups in total. The van der Waals surface area contributed by atoms with E-state index < -0.39 is 0 Å². The Morgan fingerprint density at radius 2 is 1.83 bits per heavy atom. The molecule has 0 saturated carbocycles. The number of amides is 1. The molecular weight excluding hydrogens is 373 g/mol. The Morgan fingerprint density at radius 1 is 1.14 bits per heavy atom. The topological polar surface area (TPSA) is 62.7 Å². The van der Waals surface area contributed by atoms with Gasteiger partial charge in [-0.1, -0.05) is 5.16 Å². The number of furan rings is 1. The standard InChI is InChI=1S/C22H26FN3O3/c1-5-25(6-2)22-18(20(24-29-22)16-9-11-17(23)12-10-16)14-26(15(3)4)21(27)19-8-7-13-28-19/h7-13,15H,5-6,14H2,1-4H3. The predicted molar refractivity (Wildman–Crippen MR) is 109 cm³/mol. The quantitative estimate of drug-likeness (QED) is 0.535. The lowest BCUT2D eigenvalue weighted by Gasteiger charge is -2.27. The molecule has 7 heteroatoms. The van der Waals surface area contributed by atoms with E-state index in [1.807, 2.05) is 32.6 Å². The van der Waals surface area contributed by atoms with Gasteiger partial charge in [0, 0.05) is 24.7 Å². The fraction of sp³-hybridized carbons (Fsp3) is 0.364. The second-order valence-electron chi connectivity index (χ2n) is 7.00. The Kier molecular flexibility index (Phi) is 6.36. The maximum Gasteiger partial charge on any atom is 0.290 e. The van der Waals surface area contributed by atoms with Gasteiger partial charge in [-0.15, -0.1) is 0 Å². The minimum atomic E-state index is -0.320. The summed E-state index contributed by atoms with van der Waals surface area (Å²) in [7, 11) is 0. The fourth-order valence-corrected chi connectivity index (χ4v) is 3.24. The smallest absolute Gasteiger partial charge is 0.290 e. The first kappa shape index (κ1) is 20.6. The minimum Gasteiger partial charge on any atom is -0.459 e. The van der Waals surface area contributed by atoms with Gasteiger partial charge in [-0.05, 0) is 64.1 Å². The molecule has 1 aromatic carbocycles. The van der Waals surface area contributed by atoms with Crippen molar-refractivity contribution in [3.8, 4) is 11.3 Å². The van der Waals surface area contributed by atoms with Crippen molar-refractivity contribution in [1.82, 2.24) is 10.1 Å². The van der Waals surface area contributed by atoms with E-state index in [0.29, 0.717) is 18.1 Å². The number of halogens is 1. The van der Waals surface area contributed by atoms with Crippen LogP contribution in [0.1, 0.15) is 43.8 Å². The summed E-state index contributed by atoms with van der Waals surface area (Å²) in [5, 5.41) is 4.27. The van der Waals surface area contributed by atoms with E-state index in [2.05, 4.69) is 5.16 Å². The average molecular weight is 399 g/mol. The van der Waals surface area contributed by atoms with Crippen LogP contribution in [0.3, 0.4) is 0 Å². The van der Waals surface area contributed by atoms with Crippen LogP contribution in [0.4, 0.5) is 10.3 Å². The maximum atomic E-state index is 13.4. The molecule has 2 aromatic heterocycles. The van der Waals surface area contributed by atoms with Gasteiger partial charge in [0.25, 0.3) is 5.91 Å². The zero-order valence-electron chi connectivity index (χ0n) is 17.2. The summed E-state index contributed by atoms with van der Waals surface area (Å²) < 4.78 is 24.4. The molecule has 0 aliphatic rings. The van der Waals surface area contributed by atoms with Crippen LogP contribution in [0.15, 0.2) is 51.6 Å². The van der Waals surface area contributed by atoms with Gasteiger partial charge in [0.05, 0.1) is 18.4 Å². The number of carbonyl (C=O) groups is 1. The van der Waals surface area contributed by atoms with Crippen molar-refractivity contribution in [3.05, 3.63) is 59.8 Å². The van der Waals surface area contributed by atoms with Gasteiger partial charge >= 0.3 is 0 Å². The molecule has 2 heterocycles. The Morgan fingerprint density at radius 3 is 2.38 bits per heavy atom. The first-order valence-corrected chi connectivity index (χ1v) is 9.80. The molecule has 0 aliphatic heterocycles. The first-order chi connectivity index (χ1) is 14.0. The molecule has 6 nitrogen and oxygen atoms in total. The highest BCUT2D eigenvalue weighted by molar-refractivity contribution is 5.91. The van der Waals surface area contributed by atoms with Gasteiger partial charge in [0.1, 0.15) is 11.5 Å². The highest BCUT2D eigenvalue weighted by Crippen LogP contribution is 2.33. The second-order valence-corrected chi connectivity index (χ2v) is 7.00. The molecular formula is C22H26FN3O3. The van der Waals surface area contributed by atoms with Crippen LogP contribution in [0, 0.1) is 5.82 Å². The van der Waals surface area contributed by atoms with Gasteiger partial charge in [-0.25, -0.2) is 4.39 Å². The number of benzene rings is 1. The van der Waals surface area contributed by atoms with E-state index in [0.717, 1.165) is 24.2 Å². The van der Waals surface area contributed by atoms with E-state index >= 15 is 0 Å². The summed E-state index contributed by atoms with van der Waals surface area (Å²) in [6, 6.07) is 9.37. The summed E-state index contributed by atoms with van der Waals surface area (Å²) in [5.74, 6) is 0.372. The Balaban J connectivity index is 2.05. The second kappa shape index (κ2) is 8.94. The average Bonchev–Trinajstić information content (AvgIpc) is 3.38. The van der Waals surface area contributed by atoms with E-state index in [9.17, 15) is 9.18 Å². The number of nitrogens with zero attached hydrogens (tertiary/aromatic N) is 3. The summed E-state index contributed by atoms with van der Waals surface area (Å²) in [6.07, 6.45) is 1.48.